The maximum Gasteiger partial charge on any atom is 0.282 e. The quantitative estimate of drug-likeness (QED) is 0.467. The smallest absolute Gasteiger partial charge is 0.282 e. The summed E-state index contributed by atoms with van der Waals surface area (Å²) in [5.41, 5.74) is 2.50. The molecule has 10 nitrogen and oxygen atoms in total. The van der Waals surface area contributed by atoms with Crippen LogP contribution < -0.4 is 24.4 Å². The predicted octanol–water partition coefficient (Wildman–Crippen LogP) is 2.10. The molecule has 0 aromatic heterocycles. The number of fused-ring (bicyclic) bond motifs is 1. The number of nitrogens with one attached hydrogen (secondary N) is 1. The Morgan fingerprint density at radius 3 is 2.37 bits per heavy atom. The van der Waals surface area contributed by atoms with Crippen molar-refractivity contribution < 1.29 is 28.7 Å². The van der Waals surface area contributed by atoms with Crippen LogP contribution in [0.25, 0.3) is 0 Å². The number of nitrogens with zero attached hydrogens (tertiary/aromatic N) is 2. The SMILES string of the molecule is COc1cc(OC)cc(C(=O)N/N=C\c2cc3c(cc2[N+](=O)[O-])OCO3)c1. The Labute approximate surface area is 153 Å². The Bertz CT molecular complexity index is 905. The van der Waals surface area contributed by atoms with Gasteiger partial charge in [-0.25, -0.2) is 5.43 Å². The zero-order valence-electron chi connectivity index (χ0n) is 14.4. The summed E-state index contributed by atoms with van der Waals surface area (Å²) in [6.45, 7) is -0.0124. The molecule has 3 rings (SSSR count). The molecule has 0 spiro atoms. The lowest BCUT2D eigenvalue weighted by Crippen LogP contribution is -2.17. The third-order valence-electron chi connectivity index (χ3n) is 3.70. The number of hydrogen-bond donors (Lipinski definition) is 1. The number of rotatable bonds is 6. The van der Waals surface area contributed by atoms with E-state index in [-0.39, 0.29) is 29.4 Å². The normalized spacial score (nSPS) is 12.1. The van der Waals surface area contributed by atoms with Crippen molar-refractivity contribution in [2.24, 2.45) is 5.10 Å². The summed E-state index contributed by atoms with van der Waals surface area (Å²) in [6.07, 6.45) is 1.16. The van der Waals surface area contributed by atoms with Crippen LogP contribution in [0.5, 0.6) is 23.0 Å². The van der Waals surface area contributed by atoms with E-state index in [4.69, 9.17) is 18.9 Å². The average molecular weight is 373 g/mol. The molecule has 0 bridgehead atoms. The molecule has 0 radical (unpaired) electrons. The van der Waals surface area contributed by atoms with E-state index in [2.05, 4.69) is 10.5 Å². The molecule has 0 aliphatic carbocycles. The molecule has 0 saturated heterocycles. The molecule has 1 amide bonds. The van der Waals surface area contributed by atoms with E-state index in [0.717, 1.165) is 6.21 Å². The number of nitro benzene ring substituents is 1. The van der Waals surface area contributed by atoms with E-state index in [1.165, 1.54) is 38.5 Å². The molecular formula is C17H15N3O7. The maximum absolute atomic E-state index is 12.3. The fraction of sp³-hybridized carbons (Fsp3) is 0.176. The van der Waals surface area contributed by atoms with Gasteiger partial charge in [-0.2, -0.15) is 5.10 Å². The van der Waals surface area contributed by atoms with Crippen molar-refractivity contribution in [2.45, 2.75) is 0 Å². The van der Waals surface area contributed by atoms with E-state index < -0.39 is 10.8 Å². The van der Waals surface area contributed by atoms with E-state index >= 15 is 0 Å². The summed E-state index contributed by atoms with van der Waals surface area (Å²) in [4.78, 5) is 22.9. The zero-order chi connectivity index (χ0) is 19.4. The Hall–Kier alpha value is -3.82. The van der Waals surface area contributed by atoms with Gasteiger partial charge in [-0.15, -0.1) is 0 Å². The van der Waals surface area contributed by atoms with Crippen LogP contribution in [0.15, 0.2) is 35.4 Å². The summed E-state index contributed by atoms with van der Waals surface area (Å²) in [5, 5.41) is 15.0. The first-order valence-corrected chi connectivity index (χ1v) is 7.66. The van der Waals surface area contributed by atoms with Crippen molar-refractivity contribution in [3.8, 4) is 23.0 Å². The van der Waals surface area contributed by atoms with Gasteiger partial charge < -0.3 is 18.9 Å². The minimum atomic E-state index is -0.571. The Morgan fingerprint density at radius 1 is 1.15 bits per heavy atom. The summed E-state index contributed by atoms with van der Waals surface area (Å²) in [6, 6.07) is 7.31. The highest BCUT2D eigenvalue weighted by Gasteiger charge is 2.22. The minimum absolute atomic E-state index is 0.0124. The number of benzene rings is 2. The van der Waals surface area contributed by atoms with Gasteiger partial charge in [-0.3, -0.25) is 14.9 Å². The van der Waals surface area contributed by atoms with Gasteiger partial charge in [-0.05, 0) is 18.2 Å². The molecule has 1 aliphatic rings. The molecule has 10 heteroatoms. The van der Waals surface area contributed by atoms with E-state index in [1.54, 1.807) is 6.07 Å². The van der Waals surface area contributed by atoms with Crippen molar-refractivity contribution in [1.82, 2.24) is 5.43 Å². The first kappa shape index (κ1) is 18.0. The maximum atomic E-state index is 12.3. The van der Waals surface area contributed by atoms with Crippen LogP contribution in [-0.2, 0) is 0 Å². The number of carbonyl (C=O) groups is 1. The molecule has 1 heterocycles. The first-order chi connectivity index (χ1) is 13.0. The Balaban J connectivity index is 1.80. The highest BCUT2D eigenvalue weighted by molar-refractivity contribution is 5.96. The first-order valence-electron chi connectivity index (χ1n) is 7.66. The fourth-order valence-electron chi connectivity index (χ4n) is 2.37. The van der Waals surface area contributed by atoms with Gasteiger partial charge in [0.05, 0.1) is 37.0 Å². The summed E-state index contributed by atoms with van der Waals surface area (Å²) >= 11 is 0. The zero-order valence-corrected chi connectivity index (χ0v) is 14.4. The lowest BCUT2D eigenvalue weighted by molar-refractivity contribution is -0.385. The van der Waals surface area contributed by atoms with Crippen LogP contribution >= 0.6 is 0 Å². The number of amides is 1. The Kier molecular flexibility index (Phi) is 5.06. The second kappa shape index (κ2) is 7.60. The Morgan fingerprint density at radius 2 is 1.78 bits per heavy atom. The summed E-state index contributed by atoms with van der Waals surface area (Å²) in [5.74, 6) is 0.994. The topological polar surface area (TPSA) is 122 Å². The molecule has 27 heavy (non-hydrogen) atoms. The number of methoxy groups -OCH3 is 2. The predicted molar refractivity (Wildman–Crippen MR) is 93.8 cm³/mol. The molecule has 2 aromatic carbocycles. The molecule has 0 fully saturated rings. The summed E-state index contributed by atoms with van der Waals surface area (Å²) < 4.78 is 20.5. The van der Waals surface area contributed by atoms with Gasteiger partial charge in [0.25, 0.3) is 11.6 Å². The molecule has 1 aliphatic heterocycles. The van der Waals surface area contributed by atoms with E-state index in [0.29, 0.717) is 17.2 Å². The highest BCUT2D eigenvalue weighted by Crippen LogP contribution is 2.37. The van der Waals surface area contributed by atoms with Crippen molar-refractivity contribution in [3.63, 3.8) is 0 Å². The van der Waals surface area contributed by atoms with Gasteiger partial charge in [0.2, 0.25) is 6.79 Å². The molecule has 1 N–H and O–H groups in total. The van der Waals surface area contributed by atoms with Crippen molar-refractivity contribution in [1.29, 1.82) is 0 Å². The third kappa shape index (κ3) is 3.89. The number of nitro groups is 1. The monoisotopic (exact) mass is 373 g/mol. The second-order valence-electron chi connectivity index (χ2n) is 5.32. The molecule has 0 saturated carbocycles. The molecule has 0 atom stereocenters. The van der Waals surface area contributed by atoms with Crippen molar-refractivity contribution in [3.05, 3.63) is 51.6 Å². The second-order valence-corrected chi connectivity index (χ2v) is 5.32. The number of hydrogen-bond acceptors (Lipinski definition) is 8. The van der Waals surface area contributed by atoms with E-state index in [1.807, 2.05) is 0 Å². The lowest BCUT2D eigenvalue weighted by Gasteiger charge is -2.07. The standard InChI is InChI=1S/C17H15N3O7/c1-24-12-3-10(4-13(6-12)25-2)17(21)19-18-8-11-5-15-16(27-9-26-15)7-14(11)20(22)23/h3-8H,9H2,1-2H3,(H,19,21)/b18-8-. The number of hydrazone groups is 1. The summed E-state index contributed by atoms with van der Waals surface area (Å²) in [7, 11) is 2.93. The average Bonchev–Trinajstić information content (AvgIpc) is 3.14. The van der Waals surface area contributed by atoms with Crippen molar-refractivity contribution in [2.75, 3.05) is 21.0 Å². The van der Waals surface area contributed by atoms with Crippen LogP contribution in [0.2, 0.25) is 0 Å². The van der Waals surface area contributed by atoms with Crippen LogP contribution in [0, 0.1) is 10.1 Å². The van der Waals surface area contributed by atoms with Gasteiger partial charge in [0.15, 0.2) is 11.5 Å². The van der Waals surface area contributed by atoms with Crippen LogP contribution in [-0.4, -0.2) is 38.1 Å². The van der Waals surface area contributed by atoms with Gasteiger partial charge in [0, 0.05) is 11.6 Å². The van der Waals surface area contributed by atoms with Crippen molar-refractivity contribution >= 4 is 17.8 Å². The molecular weight excluding hydrogens is 358 g/mol. The van der Waals surface area contributed by atoms with Crippen LogP contribution in [0.3, 0.4) is 0 Å². The number of carbonyl (C=O) groups excluding carboxylic acids is 1. The largest absolute Gasteiger partial charge is 0.497 e. The van der Waals surface area contributed by atoms with Gasteiger partial charge >= 0.3 is 0 Å². The number of ether oxygens (including phenoxy) is 4. The fourth-order valence-corrected chi connectivity index (χ4v) is 2.37. The van der Waals surface area contributed by atoms with Gasteiger partial charge in [-0.1, -0.05) is 0 Å². The molecule has 2 aromatic rings. The molecule has 0 unspecified atom stereocenters. The minimum Gasteiger partial charge on any atom is -0.497 e. The van der Waals surface area contributed by atoms with Crippen LogP contribution in [0.1, 0.15) is 15.9 Å². The highest BCUT2D eigenvalue weighted by atomic mass is 16.7. The van der Waals surface area contributed by atoms with Crippen LogP contribution in [0.4, 0.5) is 5.69 Å². The molecule has 140 valence electrons. The van der Waals surface area contributed by atoms with Gasteiger partial charge in [0.1, 0.15) is 11.5 Å². The van der Waals surface area contributed by atoms with E-state index in [9.17, 15) is 14.9 Å². The lowest BCUT2D eigenvalue weighted by atomic mass is 10.1. The third-order valence-corrected chi connectivity index (χ3v) is 3.70.